The first-order chi connectivity index (χ1) is 9.69. The molecule has 0 spiro atoms. The van der Waals surface area contributed by atoms with Crippen molar-refractivity contribution < 1.29 is 14.2 Å². The van der Waals surface area contributed by atoms with E-state index in [-0.39, 0.29) is 12.4 Å². The van der Waals surface area contributed by atoms with Crippen LogP contribution in [-0.4, -0.2) is 11.7 Å². The highest BCUT2D eigenvalue weighted by molar-refractivity contribution is 5.40. The molecule has 1 N–H and O–H groups in total. The highest BCUT2D eigenvalue weighted by Gasteiger charge is 2.02. The van der Waals surface area contributed by atoms with Gasteiger partial charge < -0.3 is 9.84 Å². The third kappa shape index (κ3) is 3.84. The van der Waals surface area contributed by atoms with E-state index in [0.29, 0.717) is 12.4 Å². The molecular formula is C17H15FO2. The molecule has 3 heteroatoms. The smallest absolute Gasteiger partial charge is 0.123 e. The Hall–Kier alpha value is -2.31. The summed E-state index contributed by atoms with van der Waals surface area (Å²) in [6.07, 6.45) is 0. The van der Waals surface area contributed by atoms with Crippen molar-refractivity contribution in [3.8, 4) is 17.6 Å². The quantitative estimate of drug-likeness (QED) is 0.869. The van der Waals surface area contributed by atoms with Gasteiger partial charge in [-0.1, -0.05) is 24.0 Å². The van der Waals surface area contributed by atoms with Crippen LogP contribution < -0.4 is 4.74 Å². The van der Waals surface area contributed by atoms with E-state index in [1.165, 1.54) is 12.1 Å². The van der Waals surface area contributed by atoms with Crippen LogP contribution in [0.2, 0.25) is 0 Å². The van der Waals surface area contributed by atoms with Gasteiger partial charge in [0.2, 0.25) is 0 Å². The lowest BCUT2D eigenvalue weighted by Gasteiger charge is -2.09. The Bertz CT molecular complexity index is 654. The van der Waals surface area contributed by atoms with Crippen molar-refractivity contribution in [2.45, 2.75) is 13.5 Å². The third-order valence-corrected chi connectivity index (χ3v) is 2.85. The predicted octanol–water partition coefficient (Wildman–Crippen LogP) is 3.06. The van der Waals surface area contributed by atoms with Crippen LogP contribution >= 0.6 is 0 Å². The van der Waals surface area contributed by atoms with Crippen molar-refractivity contribution in [3.63, 3.8) is 0 Å². The lowest BCUT2D eigenvalue weighted by molar-refractivity contribution is 0.304. The molecule has 0 atom stereocenters. The van der Waals surface area contributed by atoms with Gasteiger partial charge in [0.15, 0.2) is 0 Å². The maximum Gasteiger partial charge on any atom is 0.123 e. The first-order valence-electron chi connectivity index (χ1n) is 6.26. The second kappa shape index (κ2) is 6.74. The summed E-state index contributed by atoms with van der Waals surface area (Å²) in [6, 6.07) is 11.9. The summed E-state index contributed by atoms with van der Waals surface area (Å²) >= 11 is 0. The molecule has 0 amide bonds. The van der Waals surface area contributed by atoms with Crippen molar-refractivity contribution in [1.82, 2.24) is 0 Å². The molecule has 0 aliphatic carbocycles. The summed E-state index contributed by atoms with van der Waals surface area (Å²) in [7, 11) is 0. The van der Waals surface area contributed by atoms with Crippen molar-refractivity contribution in [3.05, 3.63) is 65.0 Å². The van der Waals surface area contributed by atoms with Gasteiger partial charge in [-0.3, -0.25) is 0 Å². The van der Waals surface area contributed by atoms with E-state index in [2.05, 4.69) is 11.8 Å². The van der Waals surface area contributed by atoms with Crippen molar-refractivity contribution in [1.29, 1.82) is 0 Å². The fourth-order valence-corrected chi connectivity index (χ4v) is 1.76. The molecular weight excluding hydrogens is 255 g/mol. The van der Waals surface area contributed by atoms with Gasteiger partial charge in [-0.05, 0) is 48.4 Å². The van der Waals surface area contributed by atoms with E-state index in [9.17, 15) is 4.39 Å². The van der Waals surface area contributed by atoms with E-state index in [1.807, 2.05) is 25.1 Å². The summed E-state index contributed by atoms with van der Waals surface area (Å²) in [5.41, 5.74) is 2.58. The van der Waals surface area contributed by atoms with E-state index in [4.69, 9.17) is 9.84 Å². The van der Waals surface area contributed by atoms with Crippen LogP contribution in [0.5, 0.6) is 5.75 Å². The maximum absolute atomic E-state index is 13.2. The summed E-state index contributed by atoms with van der Waals surface area (Å²) in [5, 5.41) is 8.67. The molecule has 0 aliphatic rings. The van der Waals surface area contributed by atoms with E-state index in [1.54, 1.807) is 12.1 Å². The number of benzene rings is 2. The normalized spacial score (nSPS) is 9.75. The fourth-order valence-electron chi connectivity index (χ4n) is 1.76. The van der Waals surface area contributed by atoms with Gasteiger partial charge in [0, 0.05) is 5.56 Å². The average Bonchev–Trinajstić information content (AvgIpc) is 2.46. The second-order valence-corrected chi connectivity index (χ2v) is 4.35. The zero-order valence-corrected chi connectivity index (χ0v) is 11.2. The number of ether oxygens (including phenoxy) is 1. The number of aliphatic hydroxyl groups is 1. The maximum atomic E-state index is 13.2. The third-order valence-electron chi connectivity index (χ3n) is 2.85. The number of halogens is 1. The molecule has 0 radical (unpaired) electrons. The number of rotatable bonds is 3. The molecule has 2 nitrogen and oxygen atoms in total. The number of aliphatic hydroxyl groups excluding tert-OH is 1. The molecule has 0 unspecified atom stereocenters. The molecule has 0 aromatic heterocycles. The minimum Gasteiger partial charge on any atom is -0.489 e. The number of hydrogen-bond donors (Lipinski definition) is 1. The van der Waals surface area contributed by atoms with Crippen LogP contribution in [0.4, 0.5) is 4.39 Å². The molecule has 2 rings (SSSR count). The molecule has 102 valence electrons. The van der Waals surface area contributed by atoms with Crippen LogP contribution in [0.3, 0.4) is 0 Å². The van der Waals surface area contributed by atoms with Gasteiger partial charge in [0.05, 0.1) is 0 Å². The Labute approximate surface area is 117 Å². The Morgan fingerprint density at radius 3 is 2.85 bits per heavy atom. The van der Waals surface area contributed by atoms with E-state index in [0.717, 1.165) is 16.7 Å². The standard InChI is InChI=1S/C17H15FO2/c1-13-7-8-16(18)11-15(13)12-20-17-6-2-4-14(10-17)5-3-9-19/h2,4,6-8,10-11,19H,9,12H2,1H3. The molecule has 2 aromatic rings. The molecule has 0 fully saturated rings. The predicted molar refractivity (Wildman–Crippen MR) is 75.9 cm³/mol. The Balaban J connectivity index is 2.09. The monoisotopic (exact) mass is 270 g/mol. The molecule has 0 heterocycles. The van der Waals surface area contributed by atoms with E-state index < -0.39 is 0 Å². The van der Waals surface area contributed by atoms with Crippen LogP contribution in [0, 0.1) is 24.6 Å². The van der Waals surface area contributed by atoms with Crippen molar-refractivity contribution in [2.24, 2.45) is 0 Å². The highest BCUT2D eigenvalue weighted by atomic mass is 19.1. The lowest BCUT2D eigenvalue weighted by atomic mass is 10.1. The van der Waals surface area contributed by atoms with Crippen LogP contribution in [0.15, 0.2) is 42.5 Å². The minimum atomic E-state index is -0.267. The average molecular weight is 270 g/mol. The minimum absolute atomic E-state index is 0.173. The van der Waals surface area contributed by atoms with Gasteiger partial charge in [-0.2, -0.15) is 0 Å². The topological polar surface area (TPSA) is 29.5 Å². The summed E-state index contributed by atoms with van der Waals surface area (Å²) in [5.74, 6) is 5.79. The molecule has 0 saturated heterocycles. The van der Waals surface area contributed by atoms with Crippen LogP contribution in [-0.2, 0) is 6.61 Å². The van der Waals surface area contributed by atoms with Crippen molar-refractivity contribution >= 4 is 0 Å². The van der Waals surface area contributed by atoms with Gasteiger partial charge in [-0.25, -0.2) is 4.39 Å². The van der Waals surface area contributed by atoms with Crippen LogP contribution in [0.1, 0.15) is 16.7 Å². The zero-order valence-electron chi connectivity index (χ0n) is 11.2. The van der Waals surface area contributed by atoms with Crippen molar-refractivity contribution in [2.75, 3.05) is 6.61 Å². The second-order valence-electron chi connectivity index (χ2n) is 4.35. The Kier molecular flexibility index (Phi) is 4.75. The lowest BCUT2D eigenvalue weighted by Crippen LogP contribution is -1.98. The summed E-state index contributed by atoms with van der Waals surface area (Å²) in [4.78, 5) is 0. The number of aryl methyl sites for hydroxylation is 1. The molecule has 0 bridgehead atoms. The van der Waals surface area contributed by atoms with Gasteiger partial charge >= 0.3 is 0 Å². The molecule has 0 saturated carbocycles. The SMILES string of the molecule is Cc1ccc(F)cc1COc1cccc(C#CCO)c1. The molecule has 20 heavy (non-hydrogen) atoms. The first kappa shape index (κ1) is 14.1. The van der Waals surface area contributed by atoms with E-state index >= 15 is 0 Å². The first-order valence-corrected chi connectivity index (χ1v) is 6.26. The largest absolute Gasteiger partial charge is 0.489 e. The van der Waals surface area contributed by atoms with Crippen LogP contribution in [0.25, 0.3) is 0 Å². The fraction of sp³-hybridized carbons (Fsp3) is 0.176. The Morgan fingerprint density at radius 1 is 1.20 bits per heavy atom. The van der Waals surface area contributed by atoms with Gasteiger partial charge in [0.1, 0.15) is 24.8 Å². The zero-order chi connectivity index (χ0) is 14.4. The Morgan fingerprint density at radius 2 is 2.05 bits per heavy atom. The summed E-state index contributed by atoms with van der Waals surface area (Å²) in [6.45, 7) is 2.05. The van der Waals surface area contributed by atoms with Gasteiger partial charge in [-0.15, -0.1) is 0 Å². The molecule has 2 aromatic carbocycles. The highest BCUT2D eigenvalue weighted by Crippen LogP contribution is 2.17. The molecule has 0 aliphatic heterocycles. The number of hydrogen-bond acceptors (Lipinski definition) is 2. The van der Waals surface area contributed by atoms with Gasteiger partial charge in [0.25, 0.3) is 0 Å². The summed E-state index contributed by atoms with van der Waals surface area (Å²) < 4.78 is 18.8.